The van der Waals surface area contributed by atoms with E-state index >= 15 is 0 Å². The van der Waals surface area contributed by atoms with Crippen molar-refractivity contribution in [2.75, 3.05) is 0 Å². The van der Waals surface area contributed by atoms with Gasteiger partial charge < -0.3 is 4.55 Å². The smallest absolute Gasteiger partial charge is 0.744 e. The van der Waals surface area contributed by atoms with E-state index in [2.05, 4.69) is 13.8 Å². The van der Waals surface area contributed by atoms with Gasteiger partial charge in [0.2, 0.25) is 0 Å². The number of benzene rings is 2. The third-order valence-corrected chi connectivity index (χ3v) is 4.97. The van der Waals surface area contributed by atoms with Crippen molar-refractivity contribution in [3.05, 3.63) is 41.5 Å². The Kier molecular flexibility index (Phi) is 8.94. The van der Waals surface area contributed by atoms with Crippen LogP contribution in [0.2, 0.25) is 0 Å². The molecule has 120 valence electrons. The molecule has 0 saturated heterocycles. The predicted octanol–water partition coefficient (Wildman–Crippen LogP) is 1.43. The molecule has 0 unspecified atom stereocenters. The number of unbranched alkanes of at least 4 members (excludes halogenated alkanes) is 2. The minimum absolute atomic E-state index is 0. The van der Waals surface area contributed by atoms with Crippen LogP contribution in [0.3, 0.4) is 0 Å². The van der Waals surface area contributed by atoms with E-state index in [-0.39, 0.29) is 56.3 Å². The van der Waals surface area contributed by atoms with Crippen LogP contribution in [0.15, 0.2) is 35.2 Å². The molecule has 0 heterocycles. The Balaban J connectivity index is 0.00000264. The minimum atomic E-state index is -4.45. The monoisotopic (exact) mass is 358 g/mol. The summed E-state index contributed by atoms with van der Waals surface area (Å²) in [4.78, 5) is -0.107. The van der Waals surface area contributed by atoms with Crippen molar-refractivity contribution in [3.8, 4) is 0 Å². The third-order valence-electron chi connectivity index (χ3n) is 4.08. The molecule has 0 atom stereocenters. The molecule has 0 spiro atoms. The van der Waals surface area contributed by atoms with Gasteiger partial charge in [-0.2, -0.15) is 0 Å². The first kappa shape index (κ1) is 21.3. The average molecular weight is 359 g/mol. The van der Waals surface area contributed by atoms with Gasteiger partial charge in [0.1, 0.15) is 10.1 Å². The van der Waals surface area contributed by atoms with Crippen LogP contribution in [0.25, 0.3) is 10.8 Å². The molecule has 23 heavy (non-hydrogen) atoms. The Morgan fingerprint density at radius 3 is 2.17 bits per heavy atom. The first-order chi connectivity index (χ1) is 10.5. The molecule has 0 aromatic heterocycles. The van der Waals surface area contributed by atoms with E-state index in [9.17, 15) is 13.0 Å². The molecule has 5 heteroatoms. The number of rotatable bonds is 7. The van der Waals surface area contributed by atoms with E-state index in [1.165, 1.54) is 17.2 Å². The molecule has 0 saturated carbocycles. The van der Waals surface area contributed by atoms with Crippen molar-refractivity contribution in [1.29, 1.82) is 0 Å². The summed E-state index contributed by atoms with van der Waals surface area (Å²) < 4.78 is 34.4. The Bertz CT molecular complexity index is 754. The maximum Gasteiger partial charge on any atom is 1.00 e. The molecule has 2 rings (SSSR count). The SMILES string of the molecule is CCCCc1ccc2c(S(=O)(=O)[O-])cccc2c1CCCC.[K+]. The zero-order valence-corrected chi connectivity index (χ0v) is 18.2. The number of hydrogen-bond acceptors (Lipinski definition) is 3. The van der Waals surface area contributed by atoms with Crippen LogP contribution in [0.4, 0.5) is 0 Å². The van der Waals surface area contributed by atoms with Crippen molar-refractivity contribution in [3.63, 3.8) is 0 Å². The fourth-order valence-corrected chi connectivity index (χ4v) is 3.60. The van der Waals surface area contributed by atoms with Gasteiger partial charge in [0.05, 0.1) is 4.90 Å². The van der Waals surface area contributed by atoms with Gasteiger partial charge in [-0.15, -0.1) is 0 Å². The molecule has 2 aromatic rings. The van der Waals surface area contributed by atoms with Gasteiger partial charge in [-0.05, 0) is 53.6 Å². The van der Waals surface area contributed by atoms with Crippen LogP contribution in [0, 0.1) is 0 Å². The van der Waals surface area contributed by atoms with Crippen molar-refractivity contribution in [1.82, 2.24) is 0 Å². The topological polar surface area (TPSA) is 57.2 Å². The van der Waals surface area contributed by atoms with Crippen molar-refractivity contribution >= 4 is 20.9 Å². The van der Waals surface area contributed by atoms with Gasteiger partial charge in [-0.1, -0.05) is 51.0 Å². The summed E-state index contributed by atoms with van der Waals surface area (Å²) in [7, 11) is -4.45. The summed E-state index contributed by atoms with van der Waals surface area (Å²) in [5, 5.41) is 1.47. The summed E-state index contributed by atoms with van der Waals surface area (Å²) in [5.74, 6) is 0. The molecular formula is C18H23KO3S. The van der Waals surface area contributed by atoms with Gasteiger partial charge in [-0.25, -0.2) is 8.42 Å². The molecule has 0 radical (unpaired) electrons. The zero-order chi connectivity index (χ0) is 16.2. The second kappa shape index (κ2) is 9.66. The fraction of sp³-hybridized carbons (Fsp3) is 0.444. The van der Waals surface area contributed by atoms with Crippen LogP contribution in [-0.4, -0.2) is 13.0 Å². The van der Waals surface area contributed by atoms with Gasteiger partial charge in [0.15, 0.2) is 0 Å². The first-order valence-electron chi connectivity index (χ1n) is 7.98. The summed E-state index contributed by atoms with van der Waals surface area (Å²) in [6.45, 7) is 4.30. The normalized spacial score (nSPS) is 11.4. The fourth-order valence-electron chi connectivity index (χ4n) is 2.90. The van der Waals surface area contributed by atoms with Crippen LogP contribution >= 0.6 is 0 Å². The van der Waals surface area contributed by atoms with Gasteiger partial charge >= 0.3 is 51.4 Å². The van der Waals surface area contributed by atoms with E-state index in [0.717, 1.165) is 43.9 Å². The summed E-state index contributed by atoms with van der Waals surface area (Å²) in [5.41, 5.74) is 2.49. The maximum absolute atomic E-state index is 11.5. The maximum atomic E-state index is 11.5. The Morgan fingerprint density at radius 2 is 1.57 bits per heavy atom. The summed E-state index contributed by atoms with van der Waals surface area (Å²) in [6, 6.07) is 8.80. The van der Waals surface area contributed by atoms with Crippen LogP contribution in [0.5, 0.6) is 0 Å². The van der Waals surface area contributed by atoms with E-state index in [0.29, 0.717) is 5.39 Å². The number of aryl methyl sites for hydroxylation is 2. The van der Waals surface area contributed by atoms with E-state index in [1.54, 1.807) is 12.1 Å². The quantitative estimate of drug-likeness (QED) is 0.556. The molecule has 0 bridgehead atoms. The van der Waals surface area contributed by atoms with Crippen LogP contribution in [-0.2, 0) is 23.0 Å². The molecule has 0 aliphatic rings. The van der Waals surface area contributed by atoms with E-state index < -0.39 is 10.1 Å². The standard InChI is InChI=1S/C18H24O3S.K/c1-3-5-8-14-12-13-17-16(15(14)9-6-4-2)10-7-11-18(17)22(19,20)21;/h7,10-13H,3-6,8-9H2,1-2H3,(H,19,20,21);/q;+1/p-1. The van der Waals surface area contributed by atoms with Crippen LogP contribution < -0.4 is 51.4 Å². The predicted molar refractivity (Wildman–Crippen MR) is 89.1 cm³/mol. The van der Waals surface area contributed by atoms with Crippen molar-refractivity contribution in [2.45, 2.75) is 57.3 Å². The molecule has 0 aliphatic carbocycles. The zero-order valence-electron chi connectivity index (χ0n) is 14.3. The summed E-state index contributed by atoms with van der Waals surface area (Å²) in [6.07, 6.45) is 6.31. The summed E-state index contributed by atoms with van der Waals surface area (Å²) >= 11 is 0. The van der Waals surface area contributed by atoms with Gasteiger partial charge in [-0.3, -0.25) is 0 Å². The largest absolute Gasteiger partial charge is 1.00 e. The second-order valence-corrected chi connectivity index (χ2v) is 7.06. The average Bonchev–Trinajstić information content (AvgIpc) is 2.49. The Hall–Kier alpha value is 0.246. The second-order valence-electron chi connectivity index (χ2n) is 5.72. The van der Waals surface area contributed by atoms with Crippen LogP contribution in [0.1, 0.15) is 50.7 Å². The van der Waals surface area contributed by atoms with Crippen molar-refractivity contribution in [2.24, 2.45) is 0 Å². The molecule has 2 aromatic carbocycles. The number of fused-ring (bicyclic) bond motifs is 1. The van der Waals surface area contributed by atoms with E-state index in [1.807, 2.05) is 12.1 Å². The molecular weight excluding hydrogens is 335 g/mol. The molecule has 0 fully saturated rings. The number of hydrogen-bond donors (Lipinski definition) is 0. The van der Waals surface area contributed by atoms with Gasteiger partial charge in [0.25, 0.3) is 0 Å². The third kappa shape index (κ3) is 5.36. The molecule has 0 N–H and O–H groups in total. The molecule has 0 amide bonds. The van der Waals surface area contributed by atoms with Gasteiger partial charge in [0, 0.05) is 0 Å². The Labute approximate surface area is 182 Å². The molecule has 3 nitrogen and oxygen atoms in total. The first-order valence-corrected chi connectivity index (χ1v) is 9.39. The van der Waals surface area contributed by atoms with E-state index in [4.69, 9.17) is 0 Å². The Morgan fingerprint density at radius 1 is 0.913 bits per heavy atom. The minimum Gasteiger partial charge on any atom is -0.744 e. The molecule has 0 aliphatic heterocycles. The van der Waals surface area contributed by atoms with Crippen molar-refractivity contribution < 1.29 is 64.4 Å².